The zero-order chi connectivity index (χ0) is 20.0. The van der Waals surface area contributed by atoms with Crippen molar-refractivity contribution in [3.05, 3.63) is 95.3 Å². The highest BCUT2D eigenvalue weighted by Gasteiger charge is 2.15. The van der Waals surface area contributed by atoms with Crippen LogP contribution in [0.1, 0.15) is 27.2 Å². The summed E-state index contributed by atoms with van der Waals surface area (Å²) in [6, 6.07) is 19.0. The summed E-state index contributed by atoms with van der Waals surface area (Å²) in [7, 11) is -3.68. The molecular formula is C21H21N3O3S. The van der Waals surface area contributed by atoms with Crippen molar-refractivity contribution >= 4 is 15.9 Å². The van der Waals surface area contributed by atoms with E-state index in [9.17, 15) is 13.2 Å². The van der Waals surface area contributed by atoms with Gasteiger partial charge in [0.05, 0.1) is 17.1 Å². The number of carbonyl (C=O) groups excluding carboxylic acids is 1. The Hall–Kier alpha value is -3.03. The second-order valence-electron chi connectivity index (χ2n) is 6.34. The molecule has 2 aromatic carbocycles. The molecule has 0 saturated carbocycles. The van der Waals surface area contributed by atoms with Gasteiger partial charge in [-0.2, -0.15) is 0 Å². The number of benzene rings is 2. The zero-order valence-corrected chi connectivity index (χ0v) is 16.2. The first-order valence-corrected chi connectivity index (χ1v) is 10.3. The molecule has 7 heteroatoms. The highest BCUT2D eigenvalue weighted by atomic mass is 32.2. The van der Waals surface area contributed by atoms with Crippen molar-refractivity contribution in [2.24, 2.45) is 0 Å². The van der Waals surface area contributed by atoms with Crippen molar-refractivity contribution in [2.75, 3.05) is 0 Å². The first-order chi connectivity index (χ1) is 13.4. The number of hydrogen-bond donors (Lipinski definition) is 2. The molecule has 28 heavy (non-hydrogen) atoms. The van der Waals surface area contributed by atoms with Crippen LogP contribution in [-0.4, -0.2) is 19.3 Å². The van der Waals surface area contributed by atoms with Gasteiger partial charge in [0.2, 0.25) is 10.0 Å². The summed E-state index contributed by atoms with van der Waals surface area (Å²) >= 11 is 0. The molecule has 0 aliphatic carbocycles. The number of hydrogen-bond acceptors (Lipinski definition) is 4. The predicted octanol–water partition coefficient (Wildman–Crippen LogP) is 2.80. The van der Waals surface area contributed by atoms with E-state index in [1.165, 1.54) is 24.3 Å². The van der Waals surface area contributed by atoms with Crippen molar-refractivity contribution in [2.45, 2.75) is 24.9 Å². The van der Waals surface area contributed by atoms with Gasteiger partial charge in [0.15, 0.2) is 0 Å². The van der Waals surface area contributed by atoms with Crippen molar-refractivity contribution in [3.63, 3.8) is 0 Å². The molecule has 2 N–H and O–H groups in total. The number of carbonyl (C=O) groups is 1. The lowest BCUT2D eigenvalue weighted by Gasteiger charge is -2.09. The number of aromatic nitrogens is 1. The van der Waals surface area contributed by atoms with Crippen molar-refractivity contribution in [1.82, 2.24) is 15.0 Å². The van der Waals surface area contributed by atoms with Crippen LogP contribution in [-0.2, 0) is 23.1 Å². The van der Waals surface area contributed by atoms with E-state index in [4.69, 9.17) is 0 Å². The van der Waals surface area contributed by atoms with Crippen LogP contribution in [0.4, 0.5) is 0 Å². The fourth-order valence-electron chi connectivity index (χ4n) is 2.65. The van der Waals surface area contributed by atoms with Gasteiger partial charge in [0, 0.05) is 18.3 Å². The van der Waals surface area contributed by atoms with E-state index in [2.05, 4.69) is 15.0 Å². The van der Waals surface area contributed by atoms with Crippen LogP contribution in [0.2, 0.25) is 0 Å². The molecule has 3 aromatic rings. The molecule has 3 rings (SSSR count). The minimum Gasteiger partial charge on any atom is -0.348 e. The maximum atomic E-state index is 12.4. The van der Waals surface area contributed by atoms with Gasteiger partial charge < -0.3 is 5.32 Å². The molecule has 0 saturated heterocycles. The van der Waals surface area contributed by atoms with Gasteiger partial charge in [-0.1, -0.05) is 35.9 Å². The molecule has 0 bridgehead atoms. The highest BCUT2D eigenvalue weighted by Crippen LogP contribution is 2.12. The number of nitrogens with one attached hydrogen (secondary N) is 2. The maximum Gasteiger partial charge on any atom is 0.251 e. The molecule has 0 spiro atoms. The van der Waals surface area contributed by atoms with Crippen LogP contribution in [0, 0.1) is 6.92 Å². The summed E-state index contributed by atoms with van der Waals surface area (Å²) in [5.41, 5.74) is 3.15. The summed E-state index contributed by atoms with van der Waals surface area (Å²) < 4.78 is 27.3. The summed E-state index contributed by atoms with van der Waals surface area (Å²) in [6.45, 7) is 2.50. The van der Waals surface area contributed by atoms with Crippen LogP contribution < -0.4 is 10.0 Å². The molecule has 1 heterocycles. The Kier molecular flexibility index (Phi) is 6.18. The number of sulfonamides is 1. The van der Waals surface area contributed by atoms with E-state index < -0.39 is 10.0 Å². The minimum absolute atomic E-state index is 0.0960. The van der Waals surface area contributed by atoms with Crippen LogP contribution in [0.5, 0.6) is 0 Å². The number of pyridine rings is 1. The fourth-order valence-corrected chi connectivity index (χ4v) is 3.65. The summed E-state index contributed by atoms with van der Waals surface area (Å²) in [5, 5.41) is 2.84. The Bertz CT molecular complexity index is 1050. The third kappa shape index (κ3) is 5.25. The van der Waals surface area contributed by atoms with Crippen LogP contribution in [0.3, 0.4) is 0 Å². The fraction of sp³-hybridized carbons (Fsp3) is 0.143. The summed E-state index contributed by atoms with van der Waals surface area (Å²) in [6.07, 6.45) is 1.60. The topological polar surface area (TPSA) is 88.2 Å². The first kappa shape index (κ1) is 19.7. The van der Waals surface area contributed by atoms with Gasteiger partial charge in [0.25, 0.3) is 5.91 Å². The standard InChI is InChI=1S/C21H21N3O3S/c1-16-5-4-6-17(13-16)14-23-21(25)18-8-10-20(11-9-18)28(26,27)24-15-19-7-2-3-12-22-19/h2-13,24H,14-15H2,1H3,(H,23,25). The van der Waals surface area contributed by atoms with Gasteiger partial charge in [-0.3, -0.25) is 9.78 Å². The van der Waals surface area contributed by atoms with Crippen molar-refractivity contribution < 1.29 is 13.2 Å². The SMILES string of the molecule is Cc1cccc(CNC(=O)c2ccc(S(=O)(=O)NCc3ccccn3)cc2)c1. The average Bonchev–Trinajstić information content (AvgIpc) is 2.71. The quantitative estimate of drug-likeness (QED) is 0.644. The number of amides is 1. The Morgan fingerprint density at radius 3 is 2.43 bits per heavy atom. The Balaban J connectivity index is 1.61. The van der Waals surface area contributed by atoms with Crippen molar-refractivity contribution in [1.29, 1.82) is 0 Å². The van der Waals surface area contributed by atoms with Gasteiger partial charge in [-0.15, -0.1) is 0 Å². The molecule has 0 unspecified atom stereocenters. The normalized spacial score (nSPS) is 11.2. The van der Waals surface area contributed by atoms with Gasteiger partial charge >= 0.3 is 0 Å². The van der Waals surface area contributed by atoms with E-state index in [-0.39, 0.29) is 17.3 Å². The molecule has 0 radical (unpaired) electrons. The molecule has 0 atom stereocenters. The van der Waals surface area contributed by atoms with E-state index in [1.807, 2.05) is 31.2 Å². The number of nitrogens with zero attached hydrogens (tertiary/aromatic N) is 1. The van der Waals surface area contributed by atoms with E-state index in [1.54, 1.807) is 24.4 Å². The Morgan fingerprint density at radius 1 is 0.964 bits per heavy atom. The van der Waals surface area contributed by atoms with E-state index >= 15 is 0 Å². The third-order valence-electron chi connectivity index (χ3n) is 4.13. The maximum absolute atomic E-state index is 12.4. The van der Waals surface area contributed by atoms with Gasteiger partial charge in [0.1, 0.15) is 0 Å². The molecule has 0 aliphatic rings. The largest absolute Gasteiger partial charge is 0.348 e. The van der Waals surface area contributed by atoms with E-state index in [0.717, 1.165) is 11.1 Å². The third-order valence-corrected chi connectivity index (χ3v) is 5.55. The Morgan fingerprint density at radius 2 is 1.75 bits per heavy atom. The summed E-state index contributed by atoms with van der Waals surface area (Å²) in [4.78, 5) is 16.5. The van der Waals surface area contributed by atoms with Gasteiger partial charge in [-0.25, -0.2) is 13.1 Å². The number of aryl methyl sites for hydroxylation is 1. The second kappa shape index (κ2) is 8.77. The lowest BCUT2D eigenvalue weighted by molar-refractivity contribution is 0.0951. The lowest BCUT2D eigenvalue weighted by atomic mass is 10.1. The average molecular weight is 395 g/mol. The lowest BCUT2D eigenvalue weighted by Crippen LogP contribution is -2.25. The highest BCUT2D eigenvalue weighted by molar-refractivity contribution is 7.89. The monoisotopic (exact) mass is 395 g/mol. The van der Waals surface area contributed by atoms with E-state index in [0.29, 0.717) is 17.8 Å². The molecule has 1 aromatic heterocycles. The molecule has 144 valence electrons. The Labute approximate surface area is 164 Å². The predicted molar refractivity (Wildman–Crippen MR) is 107 cm³/mol. The minimum atomic E-state index is -3.68. The molecule has 0 fully saturated rings. The summed E-state index contributed by atoms with van der Waals surface area (Å²) in [5.74, 6) is -0.258. The molecule has 0 aliphatic heterocycles. The van der Waals surface area contributed by atoms with Gasteiger partial charge in [-0.05, 0) is 48.9 Å². The molecular weight excluding hydrogens is 374 g/mol. The van der Waals surface area contributed by atoms with Crippen LogP contribution in [0.15, 0.2) is 77.8 Å². The smallest absolute Gasteiger partial charge is 0.251 e. The van der Waals surface area contributed by atoms with Crippen LogP contribution >= 0.6 is 0 Å². The van der Waals surface area contributed by atoms with Crippen LogP contribution in [0.25, 0.3) is 0 Å². The zero-order valence-electron chi connectivity index (χ0n) is 15.4. The molecule has 6 nitrogen and oxygen atoms in total. The second-order valence-corrected chi connectivity index (χ2v) is 8.11. The first-order valence-electron chi connectivity index (χ1n) is 8.77. The number of rotatable bonds is 7. The molecule has 1 amide bonds. The van der Waals surface area contributed by atoms with Crippen molar-refractivity contribution in [3.8, 4) is 0 Å².